The van der Waals surface area contributed by atoms with E-state index < -0.39 is 10.0 Å². The van der Waals surface area contributed by atoms with Crippen LogP contribution in [-0.4, -0.2) is 8.42 Å². The number of sulfonamides is 1. The topological polar surface area (TPSA) is 122 Å². The molecule has 0 aromatic heterocycles. The number of rotatable bonds is 3. The summed E-state index contributed by atoms with van der Waals surface area (Å²) >= 11 is 0. The molecule has 6 nitrogen and oxygen atoms in total. The van der Waals surface area contributed by atoms with Crippen molar-refractivity contribution in [2.75, 3.05) is 11.1 Å². The Morgan fingerprint density at radius 3 is 2.52 bits per heavy atom. The van der Waals surface area contributed by atoms with Gasteiger partial charge in [0.1, 0.15) is 4.90 Å². The van der Waals surface area contributed by atoms with Crippen LogP contribution in [0.4, 0.5) is 17.1 Å². The summed E-state index contributed by atoms with van der Waals surface area (Å²) in [6, 6.07) is 11.7. The average molecular weight is 302 g/mol. The van der Waals surface area contributed by atoms with Crippen LogP contribution >= 0.6 is 0 Å². The van der Waals surface area contributed by atoms with Crippen LogP contribution in [0.1, 0.15) is 11.1 Å². The summed E-state index contributed by atoms with van der Waals surface area (Å²) in [6.45, 7) is 1.86. The Morgan fingerprint density at radius 2 is 1.90 bits per heavy atom. The van der Waals surface area contributed by atoms with E-state index in [0.717, 1.165) is 5.56 Å². The molecule has 2 rings (SSSR count). The molecule has 0 atom stereocenters. The first-order chi connectivity index (χ1) is 9.82. The van der Waals surface area contributed by atoms with Gasteiger partial charge in [-0.05, 0) is 36.8 Å². The fourth-order valence-electron chi connectivity index (χ4n) is 1.87. The molecular weight excluding hydrogens is 288 g/mol. The molecule has 0 saturated heterocycles. The van der Waals surface area contributed by atoms with Gasteiger partial charge in [-0.2, -0.15) is 5.26 Å². The molecule has 0 amide bonds. The number of anilines is 3. The highest BCUT2D eigenvalue weighted by Gasteiger charge is 2.15. The quantitative estimate of drug-likeness (QED) is 0.747. The van der Waals surface area contributed by atoms with Crippen molar-refractivity contribution in [1.29, 1.82) is 5.26 Å². The molecule has 5 N–H and O–H groups in total. The number of nitrogens with two attached hydrogens (primary N) is 2. The summed E-state index contributed by atoms with van der Waals surface area (Å²) < 4.78 is 22.9. The van der Waals surface area contributed by atoms with Crippen molar-refractivity contribution in [3.8, 4) is 6.07 Å². The van der Waals surface area contributed by atoms with Crippen LogP contribution in [0.15, 0.2) is 41.3 Å². The molecular formula is C14H14N4O2S. The van der Waals surface area contributed by atoms with Crippen LogP contribution in [0.3, 0.4) is 0 Å². The maximum atomic E-state index is 11.5. The summed E-state index contributed by atoms with van der Waals surface area (Å²) in [4.78, 5) is -0.137. The lowest BCUT2D eigenvalue weighted by molar-refractivity contribution is 0.598. The van der Waals surface area contributed by atoms with E-state index in [1.54, 1.807) is 30.3 Å². The van der Waals surface area contributed by atoms with Crippen LogP contribution in [0.25, 0.3) is 0 Å². The Balaban J connectivity index is 2.49. The number of hydrogen-bond acceptors (Lipinski definition) is 5. The van der Waals surface area contributed by atoms with Crippen LogP contribution in [0.5, 0.6) is 0 Å². The molecule has 108 valence electrons. The number of nitrogens with zero attached hydrogens (tertiary/aromatic N) is 1. The van der Waals surface area contributed by atoms with Crippen molar-refractivity contribution in [2.45, 2.75) is 11.8 Å². The van der Waals surface area contributed by atoms with E-state index in [9.17, 15) is 8.42 Å². The number of hydrogen-bond donors (Lipinski definition) is 3. The first-order valence-corrected chi connectivity index (χ1v) is 7.56. The molecule has 0 aliphatic heterocycles. The van der Waals surface area contributed by atoms with Gasteiger partial charge < -0.3 is 11.1 Å². The predicted molar refractivity (Wildman–Crippen MR) is 81.4 cm³/mol. The summed E-state index contributed by atoms with van der Waals surface area (Å²) in [5.41, 5.74) is 8.37. The van der Waals surface area contributed by atoms with Crippen molar-refractivity contribution >= 4 is 27.1 Å². The van der Waals surface area contributed by atoms with Gasteiger partial charge in [0.15, 0.2) is 0 Å². The second-order valence-corrected chi connectivity index (χ2v) is 6.06. The van der Waals surface area contributed by atoms with Gasteiger partial charge in [0.25, 0.3) is 0 Å². The smallest absolute Gasteiger partial charge is 0.240 e. The molecule has 0 unspecified atom stereocenters. The third-order valence-electron chi connectivity index (χ3n) is 3.01. The fourth-order valence-corrected chi connectivity index (χ4v) is 2.56. The first kappa shape index (κ1) is 14.8. The average Bonchev–Trinajstić information content (AvgIpc) is 2.42. The molecule has 0 bridgehead atoms. The monoisotopic (exact) mass is 302 g/mol. The largest absolute Gasteiger partial charge is 0.396 e. The molecule has 0 fully saturated rings. The number of para-hydroxylation sites is 1. The number of aryl methyl sites for hydroxylation is 1. The highest BCUT2D eigenvalue weighted by atomic mass is 32.2. The number of primary sulfonamides is 1. The molecule has 0 saturated carbocycles. The Morgan fingerprint density at radius 1 is 1.19 bits per heavy atom. The zero-order valence-electron chi connectivity index (χ0n) is 11.3. The van der Waals surface area contributed by atoms with Gasteiger partial charge in [-0.15, -0.1) is 0 Å². The molecule has 21 heavy (non-hydrogen) atoms. The number of nitrogen functional groups attached to an aromatic ring is 1. The van der Waals surface area contributed by atoms with E-state index in [0.29, 0.717) is 16.9 Å². The Kier molecular flexibility index (Phi) is 3.84. The molecule has 0 heterocycles. The van der Waals surface area contributed by atoms with Crippen LogP contribution in [-0.2, 0) is 10.0 Å². The number of nitrogens with one attached hydrogen (secondary N) is 1. The standard InChI is InChI=1S/C14H14N4O2S/c1-9-5-6-10(8-15)7-12(9)18-11-3-2-4-13(14(11)16)21(17,19)20/h2-7,18H,16H2,1H3,(H2,17,19,20). The second kappa shape index (κ2) is 5.44. The first-order valence-electron chi connectivity index (χ1n) is 6.02. The van der Waals surface area contributed by atoms with E-state index in [2.05, 4.69) is 5.32 Å². The van der Waals surface area contributed by atoms with E-state index in [4.69, 9.17) is 16.1 Å². The zero-order valence-corrected chi connectivity index (χ0v) is 12.1. The normalized spacial score (nSPS) is 10.9. The minimum absolute atomic E-state index is 0.0433. The summed E-state index contributed by atoms with van der Waals surface area (Å²) in [5.74, 6) is 0. The second-order valence-electron chi connectivity index (χ2n) is 4.53. The van der Waals surface area contributed by atoms with Gasteiger partial charge in [0.2, 0.25) is 10.0 Å². The van der Waals surface area contributed by atoms with E-state index in [-0.39, 0.29) is 10.6 Å². The van der Waals surface area contributed by atoms with E-state index in [1.807, 2.05) is 13.0 Å². The van der Waals surface area contributed by atoms with Gasteiger partial charge >= 0.3 is 0 Å². The molecule has 0 aliphatic carbocycles. The lowest BCUT2D eigenvalue weighted by Gasteiger charge is -2.14. The van der Waals surface area contributed by atoms with E-state index in [1.165, 1.54) is 6.07 Å². The minimum atomic E-state index is -3.89. The van der Waals surface area contributed by atoms with Gasteiger partial charge in [-0.3, -0.25) is 0 Å². The van der Waals surface area contributed by atoms with Crippen molar-refractivity contribution in [2.24, 2.45) is 5.14 Å². The Bertz CT molecular complexity index is 839. The maximum absolute atomic E-state index is 11.5. The van der Waals surface area contributed by atoms with Crippen molar-refractivity contribution < 1.29 is 8.42 Å². The molecule has 2 aromatic rings. The summed E-state index contributed by atoms with van der Waals surface area (Å²) in [6.07, 6.45) is 0. The van der Waals surface area contributed by atoms with E-state index >= 15 is 0 Å². The van der Waals surface area contributed by atoms with Crippen LogP contribution in [0.2, 0.25) is 0 Å². The molecule has 2 aromatic carbocycles. The number of nitriles is 1. The van der Waals surface area contributed by atoms with Crippen molar-refractivity contribution in [3.05, 3.63) is 47.5 Å². The molecule has 7 heteroatoms. The molecule has 0 radical (unpaired) electrons. The third kappa shape index (κ3) is 3.13. The van der Waals surface area contributed by atoms with Gasteiger partial charge in [0, 0.05) is 5.69 Å². The van der Waals surface area contributed by atoms with Crippen molar-refractivity contribution in [1.82, 2.24) is 0 Å². The van der Waals surface area contributed by atoms with Crippen LogP contribution in [0, 0.1) is 18.3 Å². The summed E-state index contributed by atoms with van der Waals surface area (Å²) in [5, 5.41) is 17.1. The SMILES string of the molecule is Cc1ccc(C#N)cc1Nc1cccc(S(N)(=O)=O)c1N. The molecule has 0 aliphatic rings. The predicted octanol–water partition coefficient (Wildman–Crippen LogP) is 1.84. The van der Waals surface area contributed by atoms with Gasteiger partial charge in [-0.25, -0.2) is 13.6 Å². The van der Waals surface area contributed by atoms with Gasteiger partial charge in [-0.1, -0.05) is 12.1 Å². The fraction of sp³-hybridized carbons (Fsp3) is 0.0714. The third-order valence-corrected chi connectivity index (χ3v) is 3.98. The highest BCUT2D eigenvalue weighted by Crippen LogP contribution is 2.30. The Hall–Kier alpha value is -2.56. The lowest BCUT2D eigenvalue weighted by atomic mass is 10.1. The molecule has 0 spiro atoms. The zero-order chi connectivity index (χ0) is 15.6. The van der Waals surface area contributed by atoms with Crippen LogP contribution < -0.4 is 16.2 Å². The highest BCUT2D eigenvalue weighted by molar-refractivity contribution is 7.89. The minimum Gasteiger partial charge on any atom is -0.396 e. The maximum Gasteiger partial charge on any atom is 0.240 e. The lowest BCUT2D eigenvalue weighted by Crippen LogP contribution is -2.15. The summed E-state index contributed by atoms with van der Waals surface area (Å²) in [7, 11) is -3.89. The number of benzene rings is 2. The van der Waals surface area contributed by atoms with Gasteiger partial charge in [0.05, 0.1) is 23.0 Å². The van der Waals surface area contributed by atoms with Crippen molar-refractivity contribution in [3.63, 3.8) is 0 Å². The Labute approximate surface area is 123 Å².